The van der Waals surface area contributed by atoms with E-state index in [0.29, 0.717) is 17.5 Å². The van der Waals surface area contributed by atoms with Gasteiger partial charge in [0.2, 0.25) is 5.88 Å². The first-order chi connectivity index (χ1) is 10.6. The van der Waals surface area contributed by atoms with Crippen molar-refractivity contribution in [3.05, 3.63) is 34.9 Å². The molecule has 3 rings (SSSR count). The lowest BCUT2D eigenvalue weighted by atomic mass is 10.3. The monoisotopic (exact) mass is 321 g/mol. The number of carbonyl (C=O) groups is 1. The Bertz CT molecular complexity index is 684. The van der Waals surface area contributed by atoms with E-state index in [0.717, 1.165) is 12.8 Å². The van der Waals surface area contributed by atoms with Crippen LogP contribution in [0.4, 0.5) is 11.7 Å². The maximum atomic E-state index is 12.1. The maximum Gasteiger partial charge on any atom is 0.358 e. The summed E-state index contributed by atoms with van der Waals surface area (Å²) in [6.07, 6.45) is 3.61. The quantitative estimate of drug-likeness (QED) is 0.784. The molecule has 22 heavy (non-hydrogen) atoms. The molecule has 2 aromatic heterocycles. The first kappa shape index (κ1) is 14.8. The topological polar surface area (TPSA) is 68.5 Å². The molecular weight excluding hydrogens is 306 g/mol. The highest BCUT2D eigenvalue weighted by Gasteiger charge is 2.31. The number of ether oxygens (including phenoxy) is 1. The molecule has 2 aromatic rings. The van der Waals surface area contributed by atoms with E-state index in [2.05, 4.69) is 9.97 Å². The van der Waals surface area contributed by atoms with E-state index in [1.54, 1.807) is 37.3 Å². The molecule has 1 fully saturated rings. The van der Waals surface area contributed by atoms with Crippen molar-refractivity contribution in [3.63, 3.8) is 0 Å². The van der Waals surface area contributed by atoms with Crippen LogP contribution in [-0.2, 0) is 4.74 Å². The molecule has 0 N–H and O–H groups in total. The highest BCUT2D eigenvalue weighted by atomic mass is 35.5. The minimum atomic E-state index is -0.536. The van der Waals surface area contributed by atoms with E-state index >= 15 is 0 Å². The van der Waals surface area contributed by atoms with E-state index in [9.17, 15) is 4.79 Å². The molecule has 0 atom stereocenters. The van der Waals surface area contributed by atoms with Gasteiger partial charge in [0.05, 0.1) is 12.9 Å². The molecule has 6 nitrogen and oxygen atoms in total. The van der Waals surface area contributed by atoms with Crippen LogP contribution in [0.25, 0.3) is 0 Å². The van der Waals surface area contributed by atoms with Gasteiger partial charge in [0.25, 0.3) is 0 Å². The molecule has 0 bridgehead atoms. The Morgan fingerprint density at radius 1 is 1.50 bits per heavy atom. The van der Waals surface area contributed by atoms with Crippen molar-refractivity contribution in [2.75, 3.05) is 18.6 Å². The van der Waals surface area contributed by atoms with E-state index in [4.69, 9.17) is 20.8 Å². The number of anilines is 2. The minimum absolute atomic E-state index is 0.105. The molecule has 0 amide bonds. The summed E-state index contributed by atoms with van der Waals surface area (Å²) in [7, 11) is 1.78. The molecule has 0 saturated heterocycles. The number of hydrogen-bond acceptors (Lipinski definition) is 6. The van der Waals surface area contributed by atoms with Crippen LogP contribution in [0.3, 0.4) is 0 Å². The Morgan fingerprint density at radius 3 is 2.86 bits per heavy atom. The normalized spacial score (nSPS) is 14.0. The first-order valence-electron chi connectivity index (χ1n) is 7.13. The van der Waals surface area contributed by atoms with Gasteiger partial charge in [0, 0.05) is 19.0 Å². The molecule has 1 aliphatic carbocycles. The van der Waals surface area contributed by atoms with Crippen molar-refractivity contribution in [3.8, 4) is 0 Å². The van der Waals surface area contributed by atoms with Crippen LogP contribution in [0.2, 0.25) is 5.02 Å². The summed E-state index contributed by atoms with van der Waals surface area (Å²) in [5.41, 5.74) is 0.105. The third-order valence-corrected chi connectivity index (χ3v) is 3.76. The van der Waals surface area contributed by atoms with Gasteiger partial charge in [-0.2, -0.15) is 0 Å². The van der Waals surface area contributed by atoms with Crippen LogP contribution in [0.1, 0.15) is 42.0 Å². The Morgan fingerprint density at radius 2 is 2.27 bits per heavy atom. The lowest BCUT2D eigenvalue weighted by molar-refractivity contribution is 0.0519. The van der Waals surface area contributed by atoms with Gasteiger partial charge >= 0.3 is 5.97 Å². The van der Waals surface area contributed by atoms with Gasteiger partial charge in [-0.05, 0) is 25.8 Å². The number of carbonyl (C=O) groups excluding carboxylic acids is 1. The van der Waals surface area contributed by atoms with Crippen molar-refractivity contribution in [2.45, 2.75) is 25.7 Å². The third-order valence-electron chi connectivity index (χ3n) is 3.42. The van der Waals surface area contributed by atoms with Crippen LogP contribution < -0.4 is 4.90 Å². The second kappa shape index (κ2) is 5.96. The Labute approximate surface area is 133 Å². The Kier molecular flexibility index (Phi) is 4.02. The fourth-order valence-corrected chi connectivity index (χ4v) is 2.39. The molecule has 0 radical (unpaired) electrons. The van der Waals surface area contributed by atoms with Crippen LogP contribution in [0.15, 0.2) is 22.8 Å². The number of halogens is 1. The van der Waals surface area contributed by atoms with Crippen LogP contribution in [0.5, 0.6) is 0 Å². The first-order valence-corrected chi connectivity index (χ1v) is 7.51. The average molecular weight is 322 g/mol. The lowest BCUT2D eigenvalue weighted by Gasteiger charge is -2.18. The standard InChI is InChI=1S/C15H16ClN3O3/c1-3-21-15(20)12-11(16)14(18-13(17-12)9-6-7-9)19(2)10-5-4-8-22-10/h4-5,8-9H,3,6-7H2,1-2H3. The van der Waals surface area contributed by atoms with E-state index in [1.165, 1.54) is 0 Å². The zero-order chi connectivity index (χ0) is 15.7. The predicted molar refractivity (Wildman–Crippen MR) is 81.7 cm³/mol. The minimum Gasteiger partial charge on any atom is -0.461 e. The Balaban J connectivity index is 2.06. The fourth-order valence-electron chi connectivity index (χ4n) is 2.10. The van der Waals surface area contributed by atoms with Crippen molar-refractivity contribution in [2.24, 2.45) is 0 Å². The molecule has 1 aliphatic rings. The van der Waals surface area contributed by atoms with Gasteiger partial charge in [-0.25, -0.2) is 14.8 Å². The fraction of sp³-hybridized carbons (Fsp3) is 0.400. The van der Waals surface area contributed by atoms with Crippen LogP contribution in [0, 0.1) is 0 Å². The average Bonchev–Trinajstić information content (AvgIpc) is 3.21. The molecule has 0 unspecified atom stereocenters. The van der Waals surface area contributed by atoms with E-state index in [-0.39, 0.29) is 23.2 Å². The second-order valence-electron chi connectivity index (χ2n) is 5.07. The van der Waals surface area contributed by atoms with Gasteiger partial charge in [-0.1, -0.05) is 11.6 Å². The number of furan rings is 1. The van der Waals surface area contributed by atoms with Gasteiger partial charge in [0.15, 0.2) is 11.5 Å². The van der Waals surface area contributed by atoms with Gasteiger partial charge < -0.3 is 9.15 Å². The molecule has 116 valence electrons. The molecule has 2 heterocycles. The number of rotatable bonds is 5. The third kappa shape index (κ3) is 2.78. The molecular formula is C15H16ClN3O3. The summed E-state index contributed by atoms with van der Waals surface area (Å²) < 4.78 is 10.4. The van der Waals surface area contributed by atoms with E-state index in [1.807, 2.05) is 0 Å². The maximum absolute atomic E-state index is 12.1. The van der Waals surface area contributed by atoms with E-state index < -0.39 is 5.97 Å². The molecule has 0 aromatic carbocycles. The van der Waals surface area contributed by atoms with Gasteiger partial charge in [-0.3, -0.25) is 4.90 Å². The molecule has 0 spiro atoms. The van der Waals surface area contributed by atoms with Crippen molar-refractivity contribution >= 4 is 29.3 Å². The van der Waals surface area contributed by atoms with Gasteiger partial charge in [0.1, 0.15) is 10.8 Å². The van der Waals surface area contributed by atoms with Crippen LogP contribution in [-0.4, -0.2) is 29.6 Å². The van der Waals surface area contributed by atoms with Gasteiger partial charge in [-0.15, -0.1) is 0 Å². The number of nitrogens with zero attached hydrogens (tertiary/aromatic N) is 3. The molecule has 1 saturated carbocycles. The summed E-state index contributed by atoms with van der Waals surface area (Å²) >= 11 is 6.34. The number of aromatic nitrogens is 2. The Hall–Kier alpha value is -2.08. The number of hydrogen-bond donors (Lipinski definition) is 0. The lowest BCUT2D eigenvalue weighted by Crippen LogP contribution is -2.17. The largest absolute Gasteiger partial charge is 0.461 e. The van der Waals surface area contributed by atoms with Crippen molar-refractivity contribution in [1.82, 2.24) is 9.97 Å². The SMILES string of the molecule is CCOC(=O)c1nc(C2CC2)nc(N(C)c2ccco2)c1Cl. The number of esters is 1. The summed E-state index contributed by atoms with van der Waals surface area (Å²) in [4.78, 5) is 22.6. The highest BCUT2D eigenvalue weighted by molar-refractivity contribution is 6.35. The summed E-state index contributed by atoms with van der Waals surface area (Å²) in [6.45, 7) is 2.01. The van der Waals surface area contributed by atoms with Crippen molar-refractivity contribution in [1.29, 1.82) is 0 Å². The van der Waals surface area contributed by atoms with Crippen LogP contribution >= 0.6 is 11.6 Å². The molecule has 7 heteroatoms. The summed E-state index contributed by atoms with van der Waals surface area (Å²) in [6, 6.07) is 3.56. The van der Waals surface area contributed by atoms with Crippen molar-refractivity contribution < 1.29 is 13.9 Å². The predicted octanol–water partition coefficient (Wildman–Crippen LogP) is 3.55. The second-order valence-corrected chi connectivity index (χ2v) is 5.45. The molecule has 0 aliphatic heterocycles. The highest BCUT2D eigenvalue weighted by Crippen LogP contribution is 2.41. The smallest absolute Gasteiger partial charge is 0.358 e. The zero-order valence-corrected chi connectivity index (χ0v) is 13.1. The summed E-state index contributed by atoms with van der Waals surface area (Å²) in [5, 5.41) is 0.168. The zero-order valence-electron chi connectivity index (χ0n) is 12.4. The summed E-state index contributed by atoms with van der Waals surface area (Å²) in [5.74, 6) is 1.40.